The number of benzene rings is 1. The van der Waals surface area contributed by atoms with Crippen LogP contribution >= 0.6 is 0 Å². The van der Waals surface area contributed by atoms with Gasteiger partial charge in [0.1, 0.15) is 0 Å². The average molecular weight is 251 g/mol. The number of hydrogen-bond donors (Lipinski definition) is 0. The van der Waals surface area contributed by atoms with Gasteiger partial charge in [-0.2, -0.15) is 8.42 Å². The molecule has 1 radical (unpaired) electrons. The van der Waals surface area contributed by atoms with E-state index in [1.165, 1.54) is 12.1 Å². The van der Waals surface area contributed by atoms with Crippen LogP contribution in [0.4, 0.5) is 0 Å². The first-order valence-corrected chi connectivity index (χ1v) is 6.52. The van der Waals surface area contributed by atoms with Crippen LogP contribution < -0.4 is 0 Å². The minimum absolute atomic E-state index is 0. The van der Waals surface area contributed by atoms with E-state index >= 15 is 0 Å². The normalized spacial score (nSPS) is 10.8. The quantitative estimate of drug-likeness (QED) is 0.442. The topological polar surface area (TPSA) is 43.4 Å². The van der Waals surface area contributed by atoms with Crippen LogP contribution in [-0.4, -0.2) is 44.6 Å². The maximum Gasteiger partial charge on any atom is 0.296 e. The van der Waals surface area contributed by atoms with E-state index in [9.17, 15) is 8.42 Å². The molecular weight excluding hydrogens is 235 g/mol. The molecule has 0 atom stereocenters. The third-order valence-electron chi connectivity index (χ3n) is 2.02. The molecule has 1 aromatic carbocycles. The minimum atomic E-state index is -3.54. The zero-order valence-electron chi connectivity index (χ0n) is 9.85. The van der Waals surface area contributed by atoms with Gasteiger partial charge in [-0.05, 0) is 18.6 Å². The standard InChI is InChI=1S/C11H16O3S.Na/c1-2-3-7-10-14-15(12,13)11-8-5-4-6-9-11;/h4-6,8-9H,2-3,7,10H2,1H3;. The van der Waals surface area contributed by atoms with Crippen molar-refractivity contribution < 1.29 is 12.6 Å². The molecule has 0 N–H and O–H groups in total. The number of hydrogen-bond acceptors (Lipinski definition) is 3. The molecule has 0 amide bonds. The second-order valence-electron chi connectivity index (χ2n) is 3.30. The fourth-order valence-electron chi connectivity index (χ4n) is 1.18. The fourth-order valence-corrected chi connectivity index (χ4v) is 2.14. The first-order valence-electron chi connectivity index (χ1n) is 5.11. The molecule has 5 heteroatoms. The molecule has 0 saturated heterocycles. The van der Waals surface area contributed by atoms with E-state index in [1.807, 2.05) is 0 Å². The molecule has 1 aromatic rings. The van der Waals surface area contributed by atoms with Gasteiger partial charge in [0.25, 0.3) is 10.1 Å². The Morgan fingerprint density at radius 1 is 1.12 bits per heavy atom. The van der Waals surface area contributed by atoms with Crippen molar-refractivity contribution in [1.82, 2.24) is 0 Å². The van der Waals surface area contributed by atoms with Crippen LogP contribution in [0.15, 0.2) is 35.2 Å². The van der Waals surface area contributed by atoms with Crippen LogP contribution in [0.25, 0.3) is 0 Å². The number of rotatable bonds is 6. The van der Waals surface area contributed by atoms with Crippen molar-refractivity contribution in [1.29, 1.82) is 0 Å². The molecule has 0 aliphatic rings. The van der Waals surface area contributed by atoms with Gasteiger partial charge >= 0.3 is 0 Å². The number of unbranched alkanes of at least 4 members (excludes halogenated alkanes) is 2. The van der Waals surface area contributed by atoms with Crippen LogP contribution in [-0.2, 0) is 14.3 Å². The van der Waals surface area contributed by atoms with Crippen LogP contribution in [0.1, 0.15) is 26.2 Å². The Bertz CT molecular complexity index is 375. The first-order chi connectivity index (χ1) is 7.17. The van der Waals surface area contributed by atoms with Gasteiger partial charge in [-0.25, -0.2) is 0 Å². The summed E-state index contributed by atoms with van der Waals surface area (Å²) < 4.78 is 28.0. The third kappa shape index (κ3) is 5.46. The van der Waals surface area contributed by atoms with Crippen LogP contribution in [0.2, 0.25) is 0 Å². The van der Waals surface area contributed by atoms with Crippen molar-refractivity contribution in [3.8, 4) is 0 Å². The van der Waals surface area contributed by atoms with Gasteiger partial charge in [0.15, 0.2) is 0 Å². The summed E-state index contributed by atoms with van der Waals surface area (Å²) in [4.78, 5) is 0.224. The van der Waals surface area contributed by atoms with E-state index in [0.717, 1.165) is 19.3 Å². The Morgan fingerprint density at radius 3 is 2.31 bits per heavy atom. The van der Waals surface area contributed by atoms with E-state index in [1.54, 1.807) is 18.2 Å². The second-order valence-corrected chi connectivity index (χ2v) is 4.91. The Kier molecular flexibility index (Phi) is 8.32. The van der Waals surface area contributed by atoms with Crippen molar-refractivity contribution in [2.75, 3.05) is 6.61 Å². The molecule has 0 fully saturated rings. The van der Waals surface area contributed by atoms with E-state index in [4.69, 9.17) is 4.18 Å². The largest absolute Gasteiger partial charge is 0.296 e. The molecule has 0 unspecified atom stereocenters. The summed E-state index contributed by atoms with van der Waals surface area (Å²) in [5, 5.41) is 0. The molecule has 85 valence electrons. The summed E-state index contributed by atoms with van der Waals surface area (Å²) >= 11 is 0. The van der Waals surface area contributed by atoms with Crippen LogP contribution in [0.5, 0.6) is 0 Å². The van der Waals surface area contributed by atoms with E-state index < -0.39 is 10.1 Å². The molecule has 0 aromatic heterocycles. The Morgan fingerprint density at radius 2 is 1.75 bits per heavy atom. The van der Waals surface area contributed by atoms with Crippen molar-refractivity contribution in [2.45, 2.75) is 31.1 Å². The summed E-state index contributed by atoms with van der Waals surface area (Å²) in [5.74, 6) is 0. The van der Waals surface area contributed by atoms with Gasteiger partial charge in [0.05, 0.1) is 11.5 Å². The average Bonchev–Trinajstić information content (AvgIpc) is 2.26. The summed E-state index contributed by atoms with van der Waals surface area (Å²) in [6.45, 7) is 2.33. The monoisotopic (exact) mass is 251 g/mol. The third-order valence-corrected chi connectivity index (χ3v) is 3.34. The molecule has 16 heavy (non-hydrogen) atoms. The molecule has 3 nitrogen and oxygen atoms in total. The predicted octanol–water partition coefficient (Wildman–Crippen LogP) is 2.20. The molecule has 1 rings (SSSR count). The van der Waals surface area contributed by atoms with Crippen LogP contribution in [0, 0.1) is 0 Å². The van der Waals surface area contributed by atoms with Crippen molar-refractivity contribution in [3.63, 3.8) is 0 Å². The summed E-state index contributed by atoms with van der Waals surface area (Å²) in [7, 11) is -3.54. The SMILES string of the molecule is CCCCCOS(=O)(=O)c1ccccc1.[Na]. The van der Waals surface area contributed by atoms with Gasteiger partial charge in [-0.15, -0.1) is 0 Å². The molecule has 0 aliphatic heterocycles. The smallest absolute Gasteiger partial charge is 0.266 e. The molecule has 0 heterocycles. The fraction of sp³-hybridized carbons (Fsp3) is 0.455. The van der Waals surface area contributed by atoms with Gasteiger partial charge in [-0.3, -0.25) is 4.18 Å². The van der Waals surface area contributed by atoms with Gasteiger partial charge in [-0.1, -0.05) is 38.0 Å². The first kappa shape index (κ1) is 16.1. The van der Waals surface area contributed by atoms with Gasteiger partial charge in [0, 0.05) is 29.6 Å². The van der Waals surface area contributed by atoms with Crippen LogP contribution in [0.3, 0.4) is 0 Å². The predicted molar refractivity (Wildman–Crippen MR) is 64.9 cm³/mol. The van der Waals surface area contributed by atoms with E-state index in [2.05, 4.69) is 6.92 Å². The van der Waals surface area contributed by atoms with E-state index in [-0.39, 0.29) is 41.1 Å². The zero-order chi connectivity index (χ0) is 11.1. The summed E-state index contributed by atoms with van der Waals surface area (Å²) in [6, 6.07) is 8.21. The minimum Gasteiger partial charge on any atom is -0.266 e. The van der Waals surface area contributed by atoms with Crippen molar-refractivity contribution in [3.05, 3.63) is 30.3 Å². The summed E-state index contributed by atoms with van der Waals surface area (Å²) in [5.41, 5.74) is 0. The van der Waals surface area contributed by atoms with Crippen molar-refractivity contribution in [2.24, 2.45) is 0 Å². The Labute approximate surface area is 120 Å². The van der Waals surface area contributed by atoms with Gasteiger partial charge < -0.3 is 0 Å². The summed E-state index contributed by atoms with van der Waals surface area (Å²) in [6.07, 6.45) is 2.82. The Balaban J connectivity index is 0.00000225. The van der Waals surface area contributed by atoms with E-state index in [0.29, 0.717) is 0 Å². The molecule has 0 aliphatic carbocycles. The Hall–Kier alpha value is 0.130. The molecule has 0 bridgehead atoms. The molecule has 0 saturated carbocycles. The van der Waals surface area contributed by atoms with Crippen molar-refractivity contribution >= 4 is 39.7 Å². The molecule has 0 spiro atoms. The maximum absolute atomic E-state index is 11.6. The maximum atomic E-state index is 11.6. The molecular formula is C11H16NaO3S. The van der Waals surface area contributed by atoms with Gasteiger partial charge in [0.2, 0.25) is 0 Å². The zero-order valence-corrected chi connectivity index (χ0v) is 12.7. The second kappa shape index (κ2) is 8.25.